The van der Waals surface area contributed by atoms with Crippen molar-refractivity contribution in [3.8, 4) is 0 Å². The summed E-state index contributed by atoms with van der Waals surface area (Å²) in [6, 6.07) is 9.45. The Morgan fingerprint density at radius 1 is 0.905 bits per heavy atom. The SMILES string of the molecule is CCCCCCCCCC(NC)c1ccc(N(C)C)cc1. The number of nitrogens with one attached hydrogen (secondary N) is 1. The van der Waals surface area contributed by atoms with Crippen LogP contribution in [0.1, 0.15) is 69.9 Å². The van der Waals surface area contributed by atoms with E-state index in [1.165, 1.54) is 62.6 Å². The number of hydrogen-bond donors (Lipinski definition) is 1. The number of rotatable bonds is 11. The van der Waals surface area contributed by atoms with E-state index in [0.29, 0.717) is 6.04 Å². The number of nitrogens with zero attached hydrogens (tertiary/aromatic N) is 1. The van der Waals surface area contributed by atoms with Gasteiger partial charge in [0.05, 0.1) is 0 Å². The molecule has 0 spiro atoms. The molecule has 1 atom stereocenters. The average molecular weight is 290 g/mol. The first kappa shape index (κ1) is 18.0. The Morgan fingerprint density at radius 2 is 1.48 bits per heavy atom. The van der Waals surface area contributed by atoms with Crippen LogP contribution in [0.5, 0.6) is 0 Å². The third-order valence-electron chi connectivity index (χ3n) is 4.26. The summed E-state index contributed by atoms with van der Waals surface area (Å²) in [5.41, 5.74) is 2.68. The van der Waals surface area contributed by atoms with Gasteiger partial charge in [-0.3, -0.25) is 0 Å². The van der Waals surface area contributed by atoms with Gasteiger partial charge in [0.15, 0.2) is 0 Å². The third-order valence-corrected chi connectivity index (χ3v) is 4.26. The van der Waals surface area contributed by atoms with E-state index in [1.54, 1.807) is 0 Å². The highest BCUT2D eigenvalue weighted by atomic mass is 15.1. The maximum absolute atomic E-state index is 3.46. The molecular weight excluding hydrogens is 256 g/mol. The molecule has 1 aromatic rings. The molecule has 0 aliphatic heterocycles. The van der Waals surface area contributed by atoms with Crippen molar-refractivity contribution in [2.75, 3.05) is 26.0 Å². The number of unbranched alkanes of at least 4 members (excludes halogenated alkanes) is 6. The molecule has 120 valence electrons. The zero-order valence-corrected chi connectivity index (χ0v) is 14.5. The molecule has 0 radical (unpaired) electrons. The first-order chi connectivity index (χ1) is 10.2. The Hall–Kier alpha value is -1.02. The van der Waals surface area contributed by atoms with Gasteiger partial charge in [0, 0.05) is 25.8 Å². The summed E-state index contributed by atoms with van der Waals surface area (Å²) >= 11 is 0. The number of hydrogen-bond acceptors (Lipinski definition) is 2. The van der Waals surface area contributed by atoms with Crippen molar-refractivity contribution in [1.29, 1.82) is 0 Å². The zero-order valence-electron chi connectivity index (χ0n) is 14.5. The lowest BCUT2D eigenvalue weighted by Crippen LogP contribution is -2.16. The topological polar surface area (TPSA) is 15.3 Å². The highest BCUT2D eigenvalue weighted by Gasteiger charge is 2.08. The predicted molar refractivity (Wildman–Crippen MR) is 95.2 cm³/mol. The summed E-state index contributed by atoms with van der Waals surface area (Å²) in [6.45, 7) is 2.28. The van der Waals surface area contributed by atoms with Gasteiger partial charge in [-0.2, -0.15) is 0 Å². The second kappa shape index (κ2) is 10.7. The normalized spacial score (nSPS) is 12.4. The minimum Gasteiger partial charge on any atom is -0.378 e. The van der Waals surface area contributed by atoms with Crippen molar-refractivity contribution < 1.29 is 0 Å². The van der Waals surface area contributed by atoms with Crippen LogP contribution in [0.2, 0.25) is 0 Å². The molecule has 0 amide bonds. The minimum absolute atomic E-state index is 0.497. The van der Waals surface area contributed by atoms with Crippen LogP contribution in [0.3, 0.4) is 0 Å². The van der Waals surface area contributed by atoms with E-state index in [9.17, 15) is 0 Å². The Labute approximate surface area is 131 Å². The fourth-order valence-electron chi connectivity index (χ4n) is 2.79. The third kappa shape index (κ3) is 6.99. The maximum Gasteiger partial charge on any atom is 0.0361 e. The molecule has 2 nitrogen and oxygen atoms in total. The Balaban J connectivity index is 2.30. The smallest absolute Gasteiger partial charge is 0.0361 e. The fraction of sp³-hybridized carbons (Fsp3) is 0.684. The average Bonchev–Trinajstić information content (AvgIpc) is 2.50. The molecule has 0 aliphatic rings. The van der Waals surface area contributed by atoms with E-state index in [-0.39, 0.29) is 0 Å². The molecule has 0 bridgehead atoms. The van der Waals surface area contributed by atoms with Crippen LogP contribution < -0.4 is 10.2 Å². The van der Waals surface area contributed by atoms with E-state index in [0.717, 1.165) is 0 Å². The molecule has 21 heavy (non-hydrogen) atoms. The number of anilines is 1. The van der Waals surface area contributed by atoms with Gasteiger partial charge in [0.2, 0.25) is 0 Å². The Bertz CT molecular complexity index is 356. The first-order valence-electron chi connectivity index (χ1n) is 8.63. The predicted octanol–water partition coefficient (Wildman–Crippen LogP) is 5.15. The molecular formula is C19H34N2. The summed E-state index contributed by atoms with van der Waals surface area (Å²) in [6.07, 6.45) is 10.9. The van der Waals surface area contributed by atoms with Crippen molar-refractivity contribution in [2.45, 2.75) is 64.3 Å². The van der Waals surface area contributed by atoms with E-state index in [1.807, 2.05) is 0 Å². The lowest BCUT2D eigenvalue weighted by atomic mass is 9.99. The highest BCUT2D eigenvalue weighted by molar-refractivity contribution is 5.46. The summed E-state index contributed by atoms with van der Waals surface area (Å²) < 4.78 is 0. The second-order valence-electron chi connectivity index (χ2n) is 6.24. The summed E-state index contributed by atoms with van der Waals surface area (Å²) in [5.74, 6) is 0. The van der Waals surface area contributed by atoms with Crippen molar-refractivity contribution >= 4 is 5.69 Å². The van der Waals surface area contributed by atoms with Gasteiger partial charge in [-0.15, -0.1) is 0 Å². The standard InChI is InChI=1S/C19H34N2/c1-5-6-7-8-9-10-11-12-19(20-2)17-13-15-18(16-14-17)21(3)4/h13-16,19-20H,5-12H2,1-4H3. The van der Waals surface area contributed by atoms with Gasteiger partial charge in [0.1, 0.15) is 0 Å². The van der Waals surface area contributed by atoms with Crippen molar-refractivity contribution in [3.63, 3.8) is 0 Å². The van der Waals surface area contributed by atoms with E-state index in [2.05, 4.69) is 62.5 Å². The quantitative estimate of drug-likeness (QED) is 0.567. The Kier molecular flexibility index (Phi) is 9.16. The van der Waals surface area contributed by atoms with Gasteiger partial charge in [-0.1, -0.05) is 64.0 Å². The second-order valence-corrected chi connectivity index (χ2v) is 6.24. The molecule has 0 heterocycles. The molecule has 2 heteroatoms. The van der Waals surface area contributed by atoms with E-state index < -0.39 is 0 Å². The van der Waals surface area contributed by atoms with Crippen LogP contribution in [-0.4, -0.2) is 21.1 Å². The molecule has 0 aliphatic carbocycles. The van der Waals surface area contributed by atoms with Crippen LogP contribution in [-0.2, 0) is 0 Å². The van der Waals surface area contributed by atoms with E-state index >= 15 is 0 Å². The van der Waals surface area contributed by atoms with Gasteiger partial charge < -0.3 is 10.2 Å². The van der Waals surface area contributed by atoms with Crippen LogP contribution in [0.4, 0.5) is 5.69 Å². The monoisotopic (exact) mass is 290 g/mol. The van der Waals surface area contributed by atoms with Gasteiger partial charge in [-0.05, 0) is 31.2 Å². The molecule has 1 unspecified atom stereocenters. The van der Waals surface area contributed by atoms with Crippen LogP contribution >= 0.6 is 0 Å². The molecule has 0 saturated heterocycles. The van der Waals surface area contributed by atoms with Gasteiger partial charge in [0.25, 0.3) is 0 Å². The molecule has 1 rings (SSSR count). The lowest BCUT2D eigenvalue weighted by molar-refractivity contribution is 0.496. The van der Waals surface area contributed by atoms with Crippen molar-refractivity contribution in [3.05, 3.63) is 29.8 Å². The van der Waals surface area contributed by atoms with Gasteiger partial charge >= 0.3 is 0 Å². The van der Waals surface area contributed by atoms with Crippen LogP contribution in [0.25, 0.3) is 0 Å². The first-order valence-corrected chi connectivity index (χ1v) is 8.63. The van der Waals surface area contributed by atoms with Crippen molar-refractivity contribution in [2.24, 2.45) is 0 Å². The summed E-state index contributed by atoms with van der Waals surface area (Å²) in [7, 11) is 6.25. The molecule has 0 fully saturated rings. The molecule has 1 N–H and O–H groups in total. The Morgan fingerprint density at radius 3 is 2.00 bits per heavy atom. The molecule has 0 aromatic heterocycles. The molecule has 0 saturated carbocycles. The highest BCUT2D eigenvalue weighted by Crippen LogP contribution is 2.22. The van der Waals surface area contributed by atoms with Crippen LogP contribution in [0.15, 0.2) is 24.3 Å². The fourth-order valence-corrected chi connectivity index (χ4v) is 2.79. The summed E-state index contributed by atoms with van der Waals surface area (Å²) in [4.78, 5) is 2.15. The largest absolute Gasteiger partial charge is 0.378 e. The van der Waals surface area contributed by atoms with Gasteiger partial charge in [-0.25, -0.2) is 0 Å². The summed E-state index contributed by atoms with van der Waals surface area (Å²) in [5, 5.41) is 3.46. The van der Waals surface area contributed by atoms with E-state index in [4.69, 9.17) is 0 Å². The zero-order chi connectivity index (χ0) is 15.5. The maximum atomic E-state index is 3.46. The van der Waals surface area contributed by atoms with Crippen LogP contribution in [0, 0.1) is 0 Å². The number of benzene rings is 1. The lowest BCUT2D eigenvalue weighted by Gasteiger charge is -2.18. The molecule has 1 aromatic carbocycles. The minimum atomic E-state index is 0.497. The van der Waals surface area contributed by atoms with Crippen molar-refractivity contribution in [1.82, 2.24) is 5.32 Å².